The van der Waals surface area contributed by atoms with Crippen molar-refractivity contribution in [2.45, 2.75) is 6.92 Å². The van der Waals surface area contributed by atoms with Crippen LogP contribution in [0, 0.1) is 6.92 Å². The summed E-state index contributed by atoms with van der Waals surface area (Å²) in [6, 6.07) is 14.6. The molecule has 0 aliphatic carbocycles. The highest BCUT2D eigenvalue weighted by Gasteiger charge is 2.09. The molecule has 2 aromatic carbocycles. The molecule has 106 valence electrons. The number of hydrogen-bond acceptors (Lipinski definition) is 2. The predicted octanol–water partition coefficient (Wildman–Crippen LogP) is 3.96. The number of fused-ring (bicyclic) bond motifs is 1. The number of ether oxygens (including phenoxy) is 1. The average molecular weight is 300 g/mol. The van der Waals surface area contributed by atoms with E-state index in [0.29, 0.717) is 5.02 Å². The van der Waals surface area contributed by atoms with Crippen molar-refractivity contribution >= 4 is 22.5 Å². The van der Waals surface area contributed by atoms with Gasteiger partial charge in [0.15, 0.2) is 0 Å². The molecular weight excluding hydrogens is 286 g/mol. The van der Waals surface area contributed by atoms with Crippen molar-refractivity contribution in [1.82, 2.24) is 4.57 Å². The van der Waals surface area contributed by atoms with Gasteiger partial charge in [0.1, 0.15) is 5.75 Å². The number of pyridine rings is 1. The summed E-state index contributed by atoms with van der Waals surface area (Å²) in [5.74, 6) is 0.770. The van der Waals surface area contributed by atoms with Gasteiger partial charge in [0, 0.05) is 22.2 Å². The van der Waals surface area contributed by atoms with Crippen LogP contribution in [0.3, 0.4) is 0 Å². The van der Waals surface area contributed by atoms with Crippen LogP contribution in [0.4, 0.5) is 0 Å². The quantitative estimate of drug-likeness (QED) is 0.717. The molecule has 0 aliphatic rings. The zero-order valence-corrected chi connectivity index (χ0v) is 12.5. The highest BCUT2D eigenvalue weighted by Crippen LogP contribution is 2.24. The first-order chi connectivity index (χ1) is 10.1. The number of hydrogen-bond donors (Lipinski definition) is 0. The van der Waals surface area contributed by atoms with Gasteiger partial charge in [-0.3, -0.25) is 9.36 Å². The highest BCUT2D eigenvalue weighted by molar-refractivity contribution is 6.30. The van der Waals surface area contributed by atoms with Crippen LogP contribution in [0.2, 0.25) is 5.02 Å². The lowest BCUT2D eigenvalue weighted by molar-refractivity contribution is 0.415. The van der Waals surface area contributed by atoms with Crippen molar-refractivity contribution in [3.63, 3.8) is 0 Å². The SMILES string of the molecule is COc1ccc2c(c1)c(C)cc(=O)n2-c1ccc(Cl)cc1. The van der Waals surface area contributed by atoms with Gasteiger partial charge in [-0.2, -0.15) is 0 Å². The molecule has 0 radical (unpaired) electrons. The fourth-order valence-electron chi connectivity index (χ4n) is 2.46. The third-order valence-corrected chi connectivity index (χ3v) is 3.77. The third kappa shape index (κ3) is 2.41. The number of halogens is 1. The standard InChI is InChI=1S/C17H14ClNO2/c1-11-9-17(20)19(13-5-3-12(18)4-6-13)16-8-7-14(21-2)10-15(11)16/h3-10H,1-2H3. The molecule has 0 amide bonds. The fraction of sp³-hybridized carbons (Fsp3) is 0.118. The van der Waals surface area contributed by atoms with Crippen LogP contribution in [0.5, 0.6) is 5.75 Å². The molecule has 4 heteroatoms. The van der Waals surface area contributed by atoms with Gasteiger partial charge in [0.25, 0.3) is 5.56 Å². The van der Waals surface area contributed by atoms with E-state index in [0.717, 1.165) is 27.9 Å². The molecule has 1 aromatic heterocycles. The molecule has 0 bridgehead atoms. The zero-order valence-electron chi connectivity index (χ0n) is 11.8. The van der Waals surface area contributed by atoms with Crippen LogP contribution in [-0.4, -0.2) is 11.7 Å². The molecule has 0 saturated carbocycles. The molecule has 0 aliphatic heterocycles. The van der Waals surface area contributed by atoms with Crippen LogP contribution in [0.25, 0.3) is 16.6 Å². The Hall–Kier alpha value is -2.26. The second kappa shape index (κ2) is 5.26. The van der Waals surface area contributed by atoms with Gasteiger partial charge in [0.2, 0.25) is 0 Å². The lowest BCUT2D eigenvalue weighted by Gasteiger charge is -2.13. The number of aryl methyl sites for hydroxylation is 1. The van der Waals surface area contributed by atoms with Crippen molar-refractivity contribution in [3.05, 3.63) is 69.5 Å². The van der Waals surface area contributed by atoms with Gasteiger partial charge in [0.05, 0.1) is 12.6 Å². The topological polar surface area (TPSA) is 31.2 Å². The lowest BCUT2D eigenvalue weighted by atomic mass is 10.1. The van der Waals surface area contributed by atoms with E-state index in [1.165, 1.54) is 0 Å². The summed E-state index contributed by atoms with van der Waals surface area (Å²) in [6.07, 6.45) is 0. The largest absolute Gasteiger partial charge is 0.497 e. The van der Waals surface area contributed by atoms with E-state index in [-0.39, 0.29) is 5.56 Å². The van der Waals surface area contributed by atoms with Crippen molar-refractivity contribution in [3.8, 4) is 11.4 Å². The zero-order chi connectivity index (χ0) is 15.0. The Kier molecular flexibility index (Phi) is 3.43. The number of aromatic nitrogens is 1. The molecule has 21 heavy (non-hydrogen) atoms. The van der Waals surface area contributed by atoms with E-state index >= 15 is 0 Å². The van der Waals surface area contributed by atoms with Crippen LogP contribution in [0.15, 0.2) is 53.3 Å². The molecule has 0 fully saturated rings. The second-order valence-corrected chi connectivity index (χ2v) is 5.30. The van der Waals surface area contributed by atoms with Crippen molar-refractivity contribution in [2.75, 3.05) is 7.11 Å². The van der Waals surface area contributed by atoms with E-state index < -0.39 is 0 Å². The number of nitrogens with zero attached hydrogens (tertiary/aromatic N) is 1. The molecule has 3 rings (SSSR count). The number of benzene rings is 2. The minimum atomic E-state index is -0.0625. The Morgan fingerprint density at radius 1 is 1.05 bits per heavy atom. The Morgan fingerprint density at radius 2 is 1.76 bits per heavy atom. The van der Waals surface area contributed by atoms with Crippen molar-refractivity contribution in [2.24, 2.45) is 0 Å². The molecular formula is C17H14ClNO2. The molecule has 3 nitrogen and oxygen atoms in total. The summed E-state index contributed by atoms with van der Waals surface area (Å²) < 4.78 is 6.94. The number of methoxy groups -OCH3 is 1. The smallest absolute Gasteiger partial charge is 0.255 e. The Labute approximate surface area is 127 Å². The first-order valence-electron chi connectivity index (χ1n) is 6.56. The molecule has 0 atom stereocenters. The summed E-state index contributed by atoms with van der Waals surface area (Å²) >= 11 is 5.92. The summed E-state index contributed by atoms with van der Waals surface area (Å²) in [5.41, 5.74) is 2.51. The van der Waals surface area contributed by atoms with Gasteiger partial charge in [-0.05, 0) is 55.0 Å². The van der Waals surface area contributed by atoms with Crippen molar-refractivity contribution < 1.29 is 4.74 Å². The molecule has 0 spiro atoms. The maximum Gasteiger partial charge on any atom is 0.255 e. The lowest BCUT2D eigenvalue weighted by Crippen LogP contribution is -2.18. The average Bonchev–Trinajstić information content (AvgIpc) is 2.49. The van der Waals surface area contributed by atoms with Gasteiger partial charge in [-0.25, -0.2) is 0 Å². The van der Waals surface area contributed by atoms with Crippen LogP contribution in [0.1, 0.15) is 5.56 Å². The summed E-state index contributed by atoms with van der Waals surface area (Å²) in [5, 5.41) is 1.63. The summed E-state index contributed by atoms with van der Waals surface area (Å²) in [6.45, 7) is 1.93. The first kappa shape index (κ1) is 13.7. The molecule has 1 heterocycles. The first-order valence-corrected chi connectivity index (χ1v) is 6.94. The summed E-state index contributed by atoms with van der Waals surface area (Å²) in [4.78, 5) is 12.4. The summed E-state index contributed by atoms with van der Waals surface area (Å²) in [7, 11) is 1.63. The molecule has 0 saturated heterocycles. The van der Waals surface area contributed by atoms with Crippen molar-refractivity contribution in [1.29, 1.82) is 0 Å². The number of rotatable bonds is 2. The second-order valence-electron chi connectivity index (χ2n) is 4.86. The van der Waals surface area contributed by atoms with Crippen LogP contribution >= 0.6 is 11.6 Å². The maximum absolute atomic E-state index is 12.4. The van der Waals surface area contributed by atoms with Gasteiger partial charge in [-0.1, -0.05) is 11.6 Å². The van der Waals surface area contributed by atoms with Crippen LogP contribution in [-0.2, 0) is 0 Å². The van der Waals surface area contributed by atoms with Crippen LogP contribution < -0.4 is 10.3 Å². The van der Waals surface area contributed by atoms with E-state index in [4.69, 9.17) is 16.3 Å². The van der Waals surface area contributed by atoms with Gasteiger partial charge in [-0.15, -0.1) is 0 Å². The highest BCUT2D eigenvalue weighted by atomic mass is 35.5. The molecule has 3 aromatic rings. The third-order valence-electron chi connectivity index (χ3n) is 3.51. The Balaban J connectivity index is 2.36. The maximum atomic E-state index is 12.4. The molecule has 0 N–H and O–H groups in total. The predicted molar refractivity (Wildman–Crippen MR) is 85.8 cm³/mol. The van der Waals surface area contributed by atoms with Gasteiger partial charge >= 0.3 is 0 Å². The Morgan fingerprint density at radius 3 is 2.43 bits per heavy atom. The monoisotopic (exact) mass is 299 g/mol. The minimum Gasteiger partial charge on any atom is -0.497 e. The minimum absolute atomic E-state index is 0.0625. The normalized spacial score (nSPS) is 10.8. The van der Waals surface area contributed by atoms with Gasteiger partial charge < -0.3 is 4.74 Å². The Bertz CT molecular complexity index is 866. The fourth-order valence-corrected chi connectivity index (χ4v) is 2.58. The molecule has 0 unspecified atom stereocenters. The van der Waals surface area contributed by atoms with E-state index in [2.05, 4.69) is 0 Å². The van der Waals surface area contributed by atoms with E-state index in [1.54, 1.807) is 29.9 Å². The van der Waals surface area contributed by atoms with E-state index in [9.17, 15) is 4.79 Å². The van der Waals surface area contributed by atoms with E-state index in [1.807, 2.05) is 37.3 Å².